The second-order valence-corrected chi connectivity index (χ2v) is 4.14. The Balaban J connectivity index is 2.97. The maximum absolute atomic E-state index is 5.58. The first-order valence-electron chi connectivity index (χ1n) is 4.90. The standard InChI is InChI=1S/C11H15N5S/c1-2-7-17-9-6-4-3-5-8(9)15-11(14)16-10(12)13/h2-6H,1,7H2,(H6,12,13,14,15,16). The second-order valence-electron chi connectivity index (χ2n) is 3.07. The third-order valence-corrected chi connectivity index (χ3v) is 2.76. The topological polar surface area (TPSA) is 103 Å². The fraction of sp³-hybridized carbons (Fsp3) is 0.0909. The zero-order valence-electron chi connectivity index (χ0n) is 9.34. The van der Waals surface area contributed by atoms with Gasteiger partial charge in [0.1, 0.15) is 0 Å². The number of rotatable bonds is 4. The summed E-state index contributed by atoms with van der Waals surface area (Å²) in [6, 6.07) is 7.61. The summed E-state index contributed by atoms with van der Waals surface area (Å²) in [5.41, 5.74) is 16.7. The summed E-state index contributed by atoms with van der Waals surface area (Å²) < 4.78 is 0. The highest BCUT2D eigenvalue weighted by Gasteiger charge is 2.01. The second kappa shape index (κ2) is 6.59. The monoisotopic (exact) mass is 249 g/mol. The number of guanidine groups is 2. The number of nitrogens with zero attached hydrogens (tertiary/aromatic N) is 2. The summed E-state index contributed by atoms with van der Waals surface area (Å²) in [4.78, 5) is 8.81. The number of aliphatic imine (C=N–C) groups is 2. The Morgan fingerprint density at radius 1 is 1.29 bits per heavy atom. The first-order chi connectivity index (χ1) is 8.13. The minimum atomic E-state index is -0.109. The molecule has 1 rings (SSSR count). The van der Waals surface area contributed by atoms with Crippen LogP contribution in [0.3, 0.4) is 0 Å². The predicted molar refractivity (Wildman–Crippen MR) is 74.5 cm³/mol. The molecule has 0 unspecified atom stereocenters. The van der Waals surface area contributed by atoms with Gasteiger partial charge in [-0.2, -0.15) is 4.99 Å². The molecular weight excluding hydrogens is 234 g/mol. The van der Waals surface area contributed by atoms with Gasteiger partial charge in [-0.05, 0) is 12.1 Å². The van der Waals surface area contributed by atoms with Crippen molar-refractivity contribution in [2.45, 2.75) is 4.90 Å². The molecule has 0 saturated heterocycles. The number of thioether (sulfide) groups is 1. The first-order valence-corrected chi connectivity index (χ1v) is 5.88. The molecule has 0 radical (unpaired) electrons. The van der Waals surface area contributed by atoms with Gasteiger partial charge in [0, 0.05) is 10.6 Å². The lowest BCUT2D eigenvalue weighted by molar-refractivity contribution is 1.32. The van der Waals surface area contributed by atoms with E-state index in [0.717, 1.165) is 16.3 Å². The summed E-state index contributed by atoms with van der Waals surface area (Å²) in [6.45, 7) is 3.67. The van der Waals surface area contributed by atoms with Gasteiger partial charge in [-0.25, -0.2) is 4.99 Å². The molecule has 90 valence electrons. The van der Waals surface area contributed by atoms with E-state index >= 15 is 0 Å². The summed E-state index contributed by atoms with van der Waals surface area (Å²) >= 11 is 1.62. The van der Waals surface area contributed by atoms with Crippen LogP contribution in [0.2, 0.25) is 0 Å². The lowest BCUT2D eigenvalue weighted by atomic mass is 10.3. The largest absolute Gasteiger partial charge is 0.370 e. The minimum absolute atomic E-state index is 0.0386. The van der Waals surface area contributed by atoms with Crippen molar-refractivity contribution in [1.82, 2.24) is 0 Å². The normalized spacial score (nSPS) is 10.9. The third-order valence-electron chi connectivity index (χ3n) is 1.70. The molecule has 0 bridgehead atoms. The van der Waals surface area contributed by atoms with Gasteiger partial charge in [0.05, 0.1) is 5.69 Å². The Hall–Kier alpha value is -1.95. The van der Waals surface area contributed by atoms with E-state index in [1.54, 1.807) is 11.8 Å². The third kappa shape index (κ3) is 4.60. The quantitative estimate of drug-likeness (QED) is 0.323. The fourth-order valence-electron chi connectivity index (χ4n) is 1.10. The van der Waals surface area contributed by atoms with Gasteiger partial charge in [0.15, 0.2) is 5.96 Å². The Bertz CT molecular complexity index is 449. The number of nitrogens with two attached hydrogens (primary N) is 3. The molecule has 1 aromatic rings. The highest BCUT2D eigenvalue weighted by Crippen LogP contribution is 2.29. The lowest BCUT2D eigenvalue weighted by Gasteiger charge is -2.03. The van der Waals surface area contributed by atoms with E-state index < -0.39 is 0 Å². The predicted octanol–water partition coefficient (Wildman–Crippen LogP) is 1.18. The summed E-state index contributed by atoms with van der Waals surface area (Å²) in [6.07, 6.45) is 1.82. The highest BCUT2D eigenvalue weighted by atomic mass is 32.2. The van der Waals surface area contributed by atoms with Crippen LogP contribution >= 0.6 is 11.8 Å². The molecule has 6 N–H and O–H groups in total. The molecule has 0 amide bonds. The van der Waals surface area contributed by atoms with Gasteiger partial charge < -0.3 is 17.2 Å². The average molecular weight is 249 g/mol. The summed E-state index contributed by atoms with van der Waals surface area (Å²) in [5, 5.41) is 0. The van der Waals surface area contributed by atoms with Crippen molar-refractivity contribution in [3.05, 3.63) is 36.9 Å². The molecule has 0 aromatic heterocycles. The molecule has 0 aliphatic carbocycles. The number of para-hydroxylation sites is 1. The average Bonchev–Trinajstić information content (AvgIpc) is 2.26. The van der Waals surface area contributed by atoms with Crippen LogP contribution in [0.5, 0.6) is 0 Å². The van der Waals surface area contributed by atoms with Crippen molar-refractivity contribution >= 4 is 29.4 Å². The van der Waals surface area contributed by atoms with Gasteiger partial charge >= 0.3 is 0 Å². The molecule has 6 heteroatoms. The van der Waals surface area contributed by atoms with Gasteiger partial charge in [-0.1, -0.05) is 18.2 Å². The van der Waals surface area contributed by atoms with Crippen molar-refractivity contribution in [2.24, 2.45) is 27.2 Å². The maximum atomic E-state index is 5.58. The molecule has 5 nitrogen and oxygen atoms in total. The van der Waals surface area contributed by atoms with Crippen molar-refractivity contribution in [3.8, 4) is 0 Å². The van der Waals surface area contributed by atoms with Crippen LogP contribution in [-0.4, -0.2) is 17.7 Å². The molecule has 0 aliphatic rings. The van der Waals surface area contributed by atoms with Gasteiger partial charge in [-0.15, -0.1) is 18.3 Å². The van der Waals surface area contributed by atoms with Crippen LogP contribution < -0.4 is 17.2 Å². The Morgan fingerprint density at radius 2 is 2.00 bits per heavy atom. The van der Waals surface area contributed by atoms with Crippen LogP contribution in [-0.2, 0) is 0 Å². The minimum Gasteiger partial charge on any atom is -0.370 e. The van der Waals surface area contributed by atoms with E-state index in [-0.39, 0.29) is 11.9 Å². The van der Waals surface area contributed by atoms with E-state index in [1.165, 1.54) is 0 Å². The Kier molecular flexibility index (Phi) is 5.09. The van der Waals surface area contributed by atoms with Crippen molar-refractivity contribution < 1.29 is 0 Å². The molecule has 0 fully saturated rings. The van der Waals surface area contributed by atoms with Crippen LogP contribution in [0.15, 0.2) is 51.8 Å². The van der Waals surface area contributed by atoms with Crippen molar-refractivity contribution in [1.29, 1.82) is 0 Å². The molecule has 0 atom stereocenters. The zero-order chi connectivity index (χ0) is 12.7. The smallest absolute Gasteiger partial charge is 0.223 e. The molecule has 0 heterocycles. The van der Waals surface area contributed by atoms with Crippen LogP contribution in [0, 0.1) is 0 Å². The molecule has 1 aromatic carbocycles. The number of hydrogen-bond acceptors (Lipinski definition) is 2. The lowest BCUT2D eigenvalue weighted by Crippen LogP contribution is -2.26. The number of benzene rings is 1. The Labute approximate surface area is 104 Å². The number of hydrogen-bond donors (Lipinski definition) is 3. The van der Waals surface area contributed by atoms with E-state index in [0.29, 0.717) is 0 Å². The molecule has 0 spiro atoms. The van der Waals surface area contributed by atoms with Gasteiger partial charge in [0.25, 0.3) is 0 Å². The van der Waals surface area contributed by atoms with E-state index in [2.05, 4.69) is 16.6 Å². The summed E-state index contributed by atoms with van der Waals surface area (Å²) in [5.74, 6) is 0.730. The zero-order valence-corrected chi connectivity index (χ0v) is 10.2. The van der Waals surface area contributed by atoms with E-state index in [1.807, 2.05) is 30.3 Å². The van der Waals surface area contributed by atoms with Gasteiger partial charge in [0.2, 0.25) is 5.96 Å². The SMILES string of the molecule is C=CCSc1ccccc1N=C(N)N=C(N)N. The maximum Gasteiger partial charge on any atom is 0.223 e. The molecular formula is C11H15N5S. The van der Waals surface area contributed by atoms with Gasteiger partial charge in [-0.3, -0.25) is 0 Å². The van der Waals surface area contributed by atoms with E-state index in [4.69, 9.17) is 17.2 Å². The highest BCUT2D eigenvalue weighted by molar-refractivity contribution is 7.99. The molecule has 0 saturated carbocycles. The van der Waals surface area contributed by atoms with Crippen molar-refractivity contribution in [3.63, 3.8) is 0 Å². The van der Waals surface area contributed by atoms with Crippen LogP contribution in [0.1, 0.15) is 0 Å². The molecule has 0 aliphatic heterocycles. The Morgan fingerprint density at radius 3 is 2.65 bits per heavy atom. The van der Waals surface area contributed by atoms with Crippen LogP contribution in [0.25, 0.3) is 0 Å². The van der Waals surface area contributed by atoms with Crippen molar-refractivity contribution in [2.75, 3.05) is 5.75 Å². The van der Waals surface area contributed by atoms with E-state index in [9.17, 15) is 0 Å². The molecule has 17 heavy (non-hydrogen) atoms. The summed E-state index contributed by atoms with van der Waals surface area (Å²) in [7, 11) is 0. The first kappa shape index (κ1) is 13.1. The fourth-order valence-corrected chi connectivity index (χ4v) is 1.83. The van der Waals surface area contributed by atoms with Crippen LogP contribution in [0.4, 0.5) is 5.69 Å².